The van der Waals surface area contributed by atoms with Crippen LogP contribution in [0.1, 0.15) is 63.0 Å². The van der Waals surface area contributed by atoms with Crippen molar-refractivity contribution < 1.29 is 4.92 Å². The van der Waals surface area contributed by atoms with Crippen molar-refractivity contribution in [3.63, 3.8) is 0 Å². The Labute approximate surface area is 204 Å². The predicted molar refractivity (Wildman–Crippen MR) is 140 cm³/mol. The molecule has 1 aliphatic rings. The topological polar surface area (TPSA) is 72.8 Å². The smallest absolute Gasteiger partial charge is 0.258 e. The molecular formula is C27H30N4O2S. The summed E-state index contributed by atoms with van der Waals surface area (Å²) in [6, 6.07) is 15.3. The highest BCUT2D eigenvalue weighted by molar-refractivity contribution is 7.07. The summed E-state index contributed by atoms with van der Waals surface area (Å²) in [5.74, 6) is 0.668. The zero-order chi connectivity index (χ0) is 24.1. The van der Waals surface area contributed by atoms with Crippen molar-refractivity contribution in [1.82, 2.24) is 4.68 Å². The van der Waals surface area contributed by atoms with Crippen LogP contribution in [0.2, 0.25) is 0 Å². The van der Waals surface area contributed by atoms with Crippen LogP contribution in [-0.2, 0) is 0 Å². The molecular weight excluding hydrogens is 444 g/mol. The normalized spacial score (nSPS) is 15.5. The molecule has 0 aliphatic heterocycles. The van der Waals surface area contributed by atoms with E-state index in [0.717, 1.165) is 32.9 Å². The summed E-state index contributed by atoms with van der Waals surface area (Å²) in [5, 5.41) is 18.0. The molecule has 0 spiro atoms. The van der Waals surface area contributed by atoms with Gasteiger partial charge >= 0.3 is 0 Å². The molecule has 0 N–H and O–H groups in total. The average molecular weight is 475 g/mol. The Bertz CT molecular complexity index is 1260. The number of hydrogen-bond acceptors (Lipinski definition) is 5. The van der Waals surface area contributed by atoms with Gasteiger partial charge in [0.2, 0.25) is 4.80 Å². The quantitative estimate of drug-likeness (QED) is 0.161. The SMILES string of the molecule is C=C(C)CN=c1scc(-c2ccc(C3CCCCC3)cc2)n1N=C(C)c1ccc([N+](=O)[O-])cc1. The van der Waals surface area contributed by atoms with Crippen LogP contribution in [0, 0.1) is 10.1 Å². The lowest BCUT2D eigenvalue weighted by atomic mass is 9.84. The molecule has 6 nitrogen and oxygen atoms in total. The van der Waals surface area contributed by atoms with Crippen molar-refractivity contribution >= 4 is 22.7 Å². The van der Waals surface area contributed by atoms with E-state index in [1.54, 1.807) is 23.5 Å². The summed E-state index contributed by atoms with van der Waals surface area (Å²) in [6.07, 6.45) is 6.55. The highest BCUT2D eigenvalue weighted by atomic mass is 32.1. The molecule has 3 aromatic rings. The van der Waals surface area contributed by atoms with Gasteiger partial charge in [-0.15, -0.1) is 11.3 Å². The van der Waals surface area contributed by atoms with Crippen LogP contribution in [0.3, 0.4) is 0 Å². The number of nitrogens with zero attached hydrogens (tertiary/aromatic N) is 4. The maximum absolute atomic E-state index is 11.0. The van der Waals surface area contributed by atoms with Gasteiger partial charge in [-0.05, 0) is 55.9 Å². The summed E-state index contributed by atoms with van der Waals surface area (Å²) >= 11 is 1.55. The van der Waals surface area contributed by atoms with E-state index in [2.05, 4.69) is 36.2 Å². The summed E-state index contributed by atoms with van der Waals surface area (Å²) in [7, 11) is 0. The van der Waals surface area contributed by atoms with Crippen molar-refractivity contribution in [2.45, 2.75) is 51.9 Å². The Kier molecular flexibility index (Phi) is 7.53. The zero-order valence-corrected chi connectivity index (χ0v) is 20.6. The monoisotopic (exact) mass is 474 g/mol. The molecule has 0 bridgehead atoms. The Morgan fingerprint density at radius 1 is 1.09 bits per heavy atom. The zero-order valence-electron chi connectivity index (χ0n) is 19.7. The molecule has 1 saturated carbocycles. The predicted octanol–water partition coefficient (Wildman–Crippen LogP) is 6.92. The van der Waals surface area contributed by atoms with Crippen LogP contribution in [0.15, 0.2) is 76.2 Å². The first-order valence-corrected chi connectivity index (χ1v) is 12.6. The number of rotatable bonds is 7. The Hall–Kier alpha value is -3.32. The summed E-state index contributed by atoms with van der Waals surface area (Å²) in [6.45, 7) is 8.36. The molecule has 0 amide bonds. The van der Waals surface area contributed by atoms with Crippen LogP contribution in [0.4, 0.5) is 5.69 Å². The largest absolute Gasteiger partial charge is 0.269 e. The molecule has 0 saturated heterocycles. The molecule has 7 heteroatoms. The van der Waals surface area contributed by atoms with E-state index in [1.165, 1.54) is 49.8 Å². The van der Waals surface area contributed by atoms with Crippen LogP contribution < -0.4 is 4.80 Å². The summed E-state index contributed by atoms with van der Waals surface area (Å²) in [5.41, 5.74) is 6.11. The third-order valence-electron chi connectivity index (χ3n) is 6.20. The van der Waals surface area contributed by atoms with Crippen LogP contribution in [-0.4, -0.2) is 21.9 Å². The lowest BCUT2D eigenvalue weighted by Gasteiger charge is -2.22. The number of nitro benzene ring substituents is 1. The Balaban J connectivity index is 1.71. The van der Waals surface area contributed by atoms with Gasteiger partial charge < -0.3 is 0 Å². The fourth-order valence-electron chi connectivity index (χ4n) is 4.30. The van der Waals surface area contributed by atoms with E-state index >= 15 is 0 Å². The van der Waals surface area contributed by atoms with Gasteiger partial charge in [0.15, 0.2) is 0 Å². The first-order valence-electron chi connectivity index (χ1n) is 11.7. The van der Waals surface area contributed by atoms with E-state index in [0.29, 0.717) is 12.5 Å². The van der Waals surface area contributed by atoms with Crippen LogP contribution >= 0.6 is 11.3 Å². The number of hydrogen-bond donors (Lipinski definition) is 0. The van der Waals surface area contributed by atoms with Crippen molar-refractivity contribution in [1.29, 1.82) is 0 Å². The molecule has 0 atom stereocenters. The second-order valence-corrected chi connectivity index (χ2v) is 9.77. The van der Waals surface area contributed by atoms with Crippen LogP contribution in [0.25, 0.3) is 11.3 Å². The van der Waals surface area contributed by atoms with Crippen LogP contribution in [0.5, 0.6) is 0 Å². The first kappa shape index (κ1) is 23.8. The van der Waals surface area contributed by atoms with Crippen molar-refractivity contribution in [2.75, 3.05) is 6.54 Å². The number of thiazole rings is 1. The fraction of sp³-hybridized carbons (Fsp3) is 0.333. The second-order valence-electron chi connectivity index (χ2n) is 8.93. The third kappa shape index (κ3) is 5.59. The van der Waals surface area contributed by atoms with E-state index in [-0.39, 0.29) is 5.69 Å². The Morgan fingerprint density at radius 3 is 2.38 bits per heavy atom. The van der Waals surface area contributed by atoms with Crippen molar-refractivity contribution in [3.05, 3.63) is 92.1 Å². The highest BCUT2D eigenvalue weighted by Crippen LogP contribution is 2.33. The number of nitro groups is 1. The van der Waals surface area contributed by atoms with Gasteiger partial charge in [0.25, 0.3) is 5.69 Å². The van der Waals surface area contributed by atoms with Gasteiger partial charge in [-0.2, -0.15) is 5.10 Å². The molecule has 4 rings (SSSR count). The maximum atomic E-state index is 11.0. The molecule has 176 valence electrons. The average Bonchev–Trinajstić information content (AvgIpc) is 3.25. The summed E-state index contributed by atoms with van der Waals surface area (Å²) in [4.78, 5) is 16.1. The van der Waals surface area contributed by atoms with Gasteiger partial charge in [-0.3, -0.25) is 15.1 Å². The first-order chi connectivity index (χ1) is 16.4. The minimum atomic E-state index is -0.395. The maximum Gasteiger partial charge on any atom is 0.269 e. The molecule has 34 heavy (non-hydrogen) atoms. The number of non-ortho nitro benzene ring substituents is 1. The lowest BCUT2D eigenvalue weighted by molar-refractivity contribution is -0.384. The second kappa shape index (κ2) is 10.7. The Morgan fingerprint density at radius 2 is 1.76 bits per heavy atom. The summed E-state index contributed by atoms with van der Waals surface area (Å²) < 4.78 is 1.87. The standard InChI is InChI=1S/C27H30N4O2S/c1-19(2)17-28-27-30(29-20(3)21-13-15-25(16-14-21)31(32)33)26(18-34-27)24-11-9-23(10-12-24)22-7-5-4-6-8-22/h9-16,18,22H,1,4-8,17H2,2-3H3. The van der Waals surface area contributed by atoms with Gasteiger partial charge in [-0.25, -0.2) is 4.68 Å². The van der Waals surface area contributed by atoms with Crippen molar-refractivity contribution in [2.24, 2.45) is 10.1 Å². The van der Waals surface area contributed by atoms with Gasteiger partial charge in [0, 0.05) is 23.1 Å². The number of benzene rings is 2. The molecule has 1 aromatic heterocycles. The third-order valence-corrected chi connectivity index (χ3v) is 7.05. The van der Waals surface area contributed by atoms with Gasteiger partial charge in [-0.1, -0.05) is 55.7 Å². The van der Waals surface area contributed by atoms with Gasteiger partial charge in [0.05, 0.1) is 22.9 Å². The van der Waals surface area contributed by atoms with E-state index < -0.39 is 4.92 Å². The minimum absolute atomic E-state index is 0.0654. The molecule has 0 radical (unpaired) electrons. The lowest BCUT2D eigenvalue weighted by Crippen LogP contribution is -2.15. The minimum Gasteiger partial charge on any atom is -0.258 e. The molecule has 2 aromatic carbocycles. The van der Waals surface area contributed by atoms with Crippen molar-refractivity contribution in [3.8, 4) is 11.3 Å². The van der Waals surface area contributed by atoms with Gasteiger partial charge in [0.1, 0.15) is 0 Å². The molecule has 0 unspecified atom stereocenters. The molecule has 1 aliphatic carbocycles. The van der Waals surface area contributed by atoms with E-state index in [4.69, 9.17) is 10.1 Å². The fourth-order valence-corrected chi connectivity index (χ4v) is 5.13. The molecule has 1 fully saturated rings. The molecule has 1 heterocycles. The van der Waals surface area contributed by atoms with E-state index in [1.807, 2.05) is 18.5 Å². The van der Waals surface area contributed by atoms with E-state index in [9.17, 15) is 10.1 Å². The highest BCUT2D eigenvalue weighted by Gasteiger charge is 2.16. The number of aromatic nitrogens is 1.